The molecule has 172 valence electrons. The molecule has 0 N–H and O–H groups in total. The van der Waals surface area contributed by atoms with Crippen LogP contribution in [0, 0.1) is 11.7 Å². The number of ether oxygens (including phenoxy) is 2. The maximum Gasteiger partial charge on any atom is 0.319 e. The molecule has 0 amide bonds. The first-order chi connectivity index (χ1) is 16.2. The van der Waals surface area contributed by atoms with Gasteiger partial charge in [-0.25, -0.2) is 13.8 Å². The van der Waals surface area contributed by atoms with Crippen molar-refractivity contribution in [2.45, 2.75) is 42.4 Å². The van der Waals surface area contributed by atoms with Crippen LogP contribution < -0.4 is 9.64 Å². The van der Waals surface area contributed by atoms with Gasteiger partial charge in [0.05, 0.1) is 38.3 Å². The maximum atomic E-state index is 15.0. The summed E-state index contributed by atoms with van der Waals surface area (Å²) in [6, 6.07) is -0.414. The number of hydrogen-bond acceptors (Lipinski definition) is 7. The van der Waals surface area contributed by atoms with Gasteiger partial charge in [-0.15, -0.1) is 11.6 Å². The summed E-state index contributed by atoms with van der Waals surface area (Å²) in [6.07, 6.45) is 1.46. The van der Waals surface area contributed by atoms with Crippen LogP contribution in [0.1, 0.15) is 22.0 Å². The van der Waals surface area contributed by atoms with Gasteiger partial charge in [0.25, 0.3) is 0 Å². The average molecular weight is 488 g/mol. The standard InChI is InChI=1S/C21H23Cl2F2N5O2/c22-14-13-9-31-5-4-30(17(13)14)19-12-7-26-18(23)15(25)16(12)27-20(28-19)32-10-21-2-1-3-29(21)8-11(24)6-21/h7,11,13-14,17H,1-6,8-10H2/t11-,13-,14-,17-,21+/m1/s1/i10D2. The van der Waals surface area contributed by atoms with Gasteiger partial charge in [-0.3, -0.25) is 4.90 Å². The molecule has 3 aliphatic heterocycles. The Balaban J connectivity index is 1.44. The van der Waals surface area contributed by atoms with Crippen molar-refractivity contribution >= 4 is 39.9 Å². The maximum absolute atomic E-state index is 15.0. The molecule has 6 rings (SSSR count). The van der Waals surface area contributed by atoms with Crippen molar-refractivity contribution in [3.63, 3.8) is 0 Å². The fourth-order valence-electron chi connectivity index (χ4n) is 5.35. The summed E-state index contributed by atoms with van der Waals surface area (Å²) in [4.78, 5) is 16.3. The van der Waals surface area contributed by atoms with Crippen molar-refractivity contribution < 1.29 is 21.0 Å². The van der Waals surface area contributed by atoms with Gasteiger partial charge in [0.15, 0.2) is 11.0 Å². The van der Waals surface area contributed by atoms with E-state index in [0.717, 1.165) is 6.42 Å². The minimum atomic E-state index is -2.30. The lowest BCUT2D eigenvalue weighted by Gasteiger charge is -2.31. The third-order valence-corrected chi connectivity index (χ3v) is 7.83. The Morgan fingerprint density at radius 1 is 1.38 bits per heavy atom. The van der Waals surface area contributed by atoms with Crippen molar-refractivity contribution in [2.24, 2.45) is 5.92 Å². The molecule has 4 fully saturated rings. The fraction of sp³-hybridized carbons (Fsp3) is 0.667. The smallest absolute Gasteiger partial charge is 0.319 e. The molecule has 0 aromatic carbocycles. The van der Waals surface area contributed by atoms with Crippen LogP contribution in [0.4, 0.5) is 14.6 Å². The first kappa shape index (κ1) is 18.8. The van der Waals surface area contributed by atoms with Crippen LogP contribution >= 0.6 is 23.2 Å². The normalized spacial score (nSPS) is 35.8. The number of pyridine rings is 1. The Hall–Kier alpha value is -1.55. The van der Waals surface area contributed by atoms with E-state index in [1.165, 1.54) is 6.20 Å². The van der Waals surface area contributed by atoms with Crippen LogP contribution in [-0.2, 0) is 4.74 Å². The SMILES string of the molecule is [2H]C([2H])(Oc1nc(N2CCOC[C@@H]3[C@@H](Cl)[C@@H]32)c2cnc(Cl)c(F)c2n1)[C@@]12CCCN1C[C@H](F)C2. The Morgan fingerprint density at radius 2 is 2.25 bits per heavy atom. The van der Waals surface area contributed by atoms with E-state index in [9.17, 15) is 4.39 Å². The molecule has 5 atom stereocenters. The predicted molar refractivity (Wildman–Crippen MR) is 116 cm³/mol. The van der Waals surface area contributed by atoms with Gasteiger partial charge in [0.1, 0.15) is 24.1 Å². The Kier molecular flexibility index (Phi) is 4.56. The Morgan fingerprint density at radius 3 is 3.12 bits per heavy atom. The highest BCUT2D eigenvalue weighted by molar-refractivity contribution is 6.30. The molecule has 1 saturated carbocycles. The zero-order valence-electron chi connectivity index (χ0n) is 19.1. The van der Waals surface area contributed by atoms with Crippen molar-refractivity contribution in [1.29, 1.82) is 0 Å². The van der Waals surface area contributed by atoms with E-state index in [4.69, 9.17) is 35.4 Å². The monoisotopic (exact) mass is 487 g/mol. The van der Waals surface area contributed by atoms with E-state index >= 15 is 4.39 Å². The van der Waals surface area contributed by atoms with E-state index in [2.05, 4.69) is 15.0 Å². The number of nitrogens with zero attached hydrogens (tertiary/aromatic N) is 5. The molecule has 0 bridgehead atoms. The predicted octanol–water partition coefficient (Wildman–Crippen LogP) is 3.21. The molecule has 0 spiro atoms. The second-order valence-corrected chi connectivity index (χ2v) is 9.77. The molecular weight excluding hydrogens is 463 g/mol. The molecule has 3 saturated heterocycles. The number of rotatable bonds is 4. The van der Waals surface area contributed by atoms with Gasteiger partial charge in [0, 0.05) is 31.6 Å². The van der Waals surface area contributed by atoms with Gasteiger partial charge >= 0.3 is 6.01 Å². The number of hydrogen-bond donors (Lipinski definition) is 0. The van der Waals surface area contributed by atoms with Crippen molar-refractivity contribution in [1.82, 2.24) is 19.9 Å². The number of fused-ring (bicyclic) bond motifs is 3. The quantitative estimate of drug-likeness (QED) is 0.484. The summed E-state index contributed by atoms with van der Waals surface area (Å²) in [5.41, 5.74) is -1.25. The lowest BCUT2D eigenvalue weighted by Crippen LogP contribution is -2.43. The highest BCUT2D eigenvalue weighted by Crippen LogP contribution is 2.46. The summed E-state index contributed by atoms with van der Waals surface area (Å²) in [5, 5.41) is -0.199. The lowest BCUT2D eigenvalue weighted by molar-refractivity contribution is 0.107. The van der Waals surface area contributed by atoms with E-state index in [1.54, 1.807) is 4.90 Å². The zero-order chi connectivity index (χ0) is 23.8. The second kappa shape index (κ2) is 7.75. The highest BCUT2D eigenvalue weighted by atomic mass is 35.5. The van der Waals surface area contributed by atoms with Crippen LogP contribution in [-0.4, -0.2) is 82.4 Å². The summed E-state index contributed by atoms with van der Waals surface area (Å²) in [5.74, 6) is -0.418. The fourth-order valence-corrected chi connectivity index (χ4v) is 5.95. The van der Waals surface area contributed by atoms with E-state index in [-0.39, 0.29) is 47.0 Å². The Labute approximate surface area is 196 Å². The number of halogens is 4. The first-order valence-electron chi connectivity index (χ1n) is 11.8. The highest BCUT2D eigenvalue weighted by Gasteiger charge is 2.54. The Bertz CT molecular complexity index is 1150. The third kappa shape index (κ3) is 3.31. The number of alkyl halides is 2. The molecule has 0 unspecified atom stereocenters. The molecule has 0 radical (unpaired) electrons. The number of anilines is 1. The number of aromatic nitrogens is 3. The minimum Gasteiger partial charge on any atom is -0.461 e. The summed E-state index contributed by atoms with van der Waals surface area (Å²) >= 11 is 12.4. The molecular formula is C21H23Cl2F2N5O2. The van der Waals surface area contributed by atoms with Gasteiger partial charge in [-0.2, -0.15) is 9.97 Å². The first-order valence-corrected chi connectivity index (χ1v) is 11.6. The minimum absolute atomic E-state index is 0.0195. The van der Waals surface area contributed by atoms with Crippen molar-refractivity contribution in [3.8, 4) is 6.01 Å². The summed E-state index contributed by atoms with van der Waals surface area (Å²) in [6.45, 7) is -0.145. The molecule has 11 heteroatoms. The van der Waals surface area contributed by atoms with Gasteiger partial charge in [0.2, 0.25) is 0 Å². The van der Waals surface area contributed by atoms with Crippen LogP contribution in [0.25, 0.3) is 10.9 Å². The summed E-state index contributed by atoms with van der Waals surface area (Å²) < 4.78 is 58.3. The van der Waals surface area contributed by atoms with Crippen LogP contribution in [0.15, 0.2) is 6.20 Å². The van der Waals surface area contributed by atoms with Crippen molar-refractivity contribution in [3.05, 3.63) is 17.2 Å². The van der Waals surface area contributed by atoms with E-state index in [1.807, 2.05) is 4.90 Å². The van der Waals surface area contributed by atoms with Crippen LogP contribution in [0.3, 0.4) is 0 Å². The lowest BCUT2D eigenvalue weighted by atomic mass is 9.95. The van der Waals surface area contributed by atoms with E-state index in [0.29, 0.717) is 43.9 Å². The molecule has 4 aliphatic rings. The van der Waals surface area contributed by atoms with E-state index < -0.39 is 24.1 Å². The van der Waals surface area contributed by atoms with Gasteiger partial charge < -0.3 is 14.4 Å². The van der Waals surface area contributed by atoms with Gasteiger partial charge in [-0.05, 0) is 19.4 Å². The largest absolute Gasteiger partial charge is 0.461 e. The zero-order valence-corrected chi connectivity index (χ0v) is 18.6. The second-order valence-electron chi connectivity index (χ2n) is 8.91. The molecule has 1 aliphatic carbocycles. The van der Waals surface area contributed by atoms with Crippen LogP contribution in [0.5, 0.6) is 6.01 Å². The summed E-state index contributed by atoms with van der Waals surface area (Å²) in [7, 11) is 0. The average Bonchev–Trinajstić information content (AvgIpc) is 3.14. The third-order valence-electron chi connectivity index (χ3n) is 6.99. The molecule has 2 aromatic heterocycles. The van der Waals surface area contributed by atoms with Crippen LogP contribution in [0.2, 0.25) is 5.15 Å². The molecule has 32 heavy (non-hydrogen) atoms. The molecule has 7 nitrogen and oxygen atoms in total. The van der Waals surface area contributed by atoms with Crippen molar-refractivity contribution in [2.75, 3.05) is 44.3 Å². The topological polar surface area (TPSA) is 63.6 Å². The van der Waals surface area contributed by atoms with Gasteiger partial charge in [-0.1, -0.05) is 11.6 Å². The molecule has 5 heterocycles. The molecule has 2 aromatic rings.